The van der Waals surface area contributed by atoms with Crippen molar-refractivity contribution in [3.63, 3.8) is 0 Å². The maximum absolute atomic E-state index is 14.0. The number of aliphatic hydroxyl groups excluding tert-OH is 1. The monoisotopic (exact) mass is 1010 g/mol. The SMILES string of the molecule is CCCCC[C@H](NC(=O)[C@@H]1CCCN1C(=O)CNC(=O)[C@H](C)NC(=O)[C@H](CC(C)C)NC(=O)[C@@H](NC(=O)[C@H](CC(=O)O)NC(=O)[C@H](CCC(N)=O)NC(=O)CNC(=O)[C@@H]1C[C@@H](O)CN1)C(C)CC)C(=O)O. The van der Waals surface area contributed by atoms with Gasteiger partial charge in [-0.1, -0.05) is 60.3 Å². The largest absolute Gasteiger partial charge is 0.481 e. The number of carboxylic acid groups (broad SMARTS) is 2. The molecule has 0 aromatic heterocycles. The van der Waals surface area contributed by atoms with E-state index in [4.69, 9.17) is 5.73 Å². The molecule has 1 unspecified atom stereocenters. The summed E-state index contributed by atoms with van der Waals surface area (Å²) < 4.78 is 0. The second kappa shape index (κ2) is 30.3. The Labute approximate surface area is 412 Å². The number of nitrogens with zero attached hydrogens (tertiary/aromatic N) is 1. The van der Waals surface area contributed by atoms with Crippen molar-refractivity contribution in [2.75, 3.05) is 26.2 Å². The van der Waals surface area contributed by atoms with Gasteiger partial charge in [0.15, 0.2) is 0 Å². The van der Waals surface area contributed by atoms with E-state index in [2.05, 4.69) is 47.9 Å². The van der Waals surface area contributed by atoms with Crippen molar-refractivity contribution >= 4 is 71.0 Å². The lowest BCUT2D eigenvalue weighted by atomic mass is 9.96. The van der Waals surface area contributed by atoms with E-state index in [1.54, 1.807) is 27.7 Å². The Hall–Kier alpha value is -6.44. The number of nitrogens with two attached hydrogens (primary N) is 1. The molecule has 26 heteroatoms. The fourth-order valence-corrected chi connectivity index (χ4v) is 7.84. The second-order valence-electron chi connectivity index (χ2n) is 18.5. The number of nitrogens with one attached hydrogen (secondary N) is 9. The Balaban J connectivity index is 2.13. The predicted molar refractivity (Wildman–Crippen MR) is 252 cm³/mol. The van der Waals surface area contributed by atoms with E-state index in [-0.39, 0.29) is 51.1 Å². The van der Waals surface area contributed by atoms with Crippen LogP contribution in [0.3, 0.4) is 0 Å². The van der Waals surface area contributed by atoms with Crippen LogP contribution in [0.4, 0.5) is 0 Å². The van der Waals surface area contributed by atoms with E-state index in [0.29, 0.717) is 19.3 Å². The van der Waals surface area contributed by atoms with Crippen LogP contribution in [0.25, 0.3) is 0 Å². The van der Waals surface area contributed by atoms with Crippen LogP contribution in [-0.4, -0.2) is 172 Å². The molecular weight excluding hydrogens is 935 g/mol. The molecule has 14 N–H and O–H groups in total. The number of aliphatic hydroxyl groups is 1. The van der Waals surface area contributed by atoms with Crippen molar-refractivity contribution in [1.82, 2.24) is 52.8 Å². The topological polar surface area (TPSA) is 403 Å². The van der Waals surface area contributed by atoms with Crippen molar-refractivity contribution in [2.24, 2.45) is 17.6 Å². The maximum Gasteiger partial charge on any atom is 0.326 e. The first kappa shape index (κ1) is 60.7. The number of primary amides is 1. The molecule has 0 spiro atoms. The minimum absolute atomic E-state index is 0.0473. The first-order chi connectivity index (χ1) is 33.4. The molecule has 0 saturated carbocycles. The lowest BCUT2D eigenvalue weighted by molar-refractivity contribution is -0.144. The molecule has 2 aliphatic rings. The summed E-state index contributed by atoms with van der Waals surface area (Å²) in [5, 5.41) is 51.2. The molecule has 10 amide bonds. The van der Waals surface area contributed by atoms with Gasteiger partial charge in [0.1, 0.15) is 42.3 Å². The van der Waals surface area contributed by atoms with Gasteiger partial charge in [-0.15, -0.1) is 0 Å². The number of hydrogen-bond donors (Lipinski definition) is 13. The number of likely N-dealkylation sites (tertiary alicyclic amines) is 1. The molecule has 0 aromatic carbocycles. The highest BCUT2D eigenvalue weighted by molar-refractivity contribution is 5.98. The predicted octanol–water partition coefficient (Wildman–Crippen LogP) is -3.64. The summed E-state index contributed by atoms with van der Waals surface area (Å²) in [5.74, 6) is -11.8. The Kier molecular flexibility index (Phi) is 25.9. The van der Waals surface area contributed by atoms with Gasteiger partial charge in [-0.3, -0.25) is 52.7 Å². The zero-order valence-electron chi connectivity index (χ0n) is 41.4. The van der Waals surface area contributed by atoms with Crippen LogP contribution in [0, 0.1) is 11.8 Å². The highest BCUT2D eigenvalue weighted by atomic mass is 16.4. The van der Waals surface area contributed by atoms with Gasteiger partial charge in [-0.05, 0) is 57.3 Å². The van der Waals surface area contributed by atoms with Gasteiger partial charge < -0.3 is 73.8 Å². The third-order valence-electron chi connectivity index (χ3n) is 12.1. The molecule has 2 aliphatic heterocycles. The summed E-state index contributed by atoms with van der Waals surface area (Å²) in [6.07, 6.45) is 1.12. The highest BCUT2D eigenvalue weighted by Gasteiger charge is 2.38. The molecular formula is C45H75N11O15. The molecule has 2 fully saturated rings. The molecule has 2 rings (SSSR count). The number of aliphatic carboxylic acids is 2. The number of amides is 10. The van der Waals surface area contributed by atoms with E-state index in [1.807, 2.05) is 6.92 Å². The van der Waals surface area contributed by atoms with Gasteiger partial charge in [0, 0.05) is 19.5 Å². The van der Waals surface area contributed by atoms with Crippen molar-refractivity contribution < 1.29 is 72.9 Å². The summed E-state index contributed by atoms with van der Waals surface area (Å²) in [7, 11) is 0. The van der Waals surface area contributed by atoms with Crippen molar-refractivity contribution in [2.45, 2.75) is 173 Å². The first-order valence-electron chi connectivity index (χ1n) is 24.2. The highest BCUT2D eigenvalue weighted by Crippen LogP contribution is 2.19. The number of carbonyl (C=O) groups excluding carboxylic acids is 10. The maximum atomic E-state index is 14.0. The summed E-state index contributed by atoms with van der Waals surface area (Å²) >= 11 is 0. The average Bonchev–Trinajstić information content (AvgIpc) is 3.98. The Morgan fingerprint density at radius 1 is 0.704 bits per heavy atom. The number of carbonyl (C=O) groups is 12. The molecule has 10 atom stereocenters. The fourth-order valence-electron chi connectivity index (χ4n) is 7.84. The molecule has 2 heterocycles. The van der Waals surface area contributed by atoms with Gasteiger partial charge in [0.05, 0.1) is 31.7 Å². The molecule has 0 radical (unpaired) electrons. The fraction of sp³-hybridized carbons (Fsp3) is 0.733. The summed E-state index contributed by atoms with van der Waals surface area (Å²) in [6, 6.07) is -10.1. The number of hydrogen-bond acceptors (Lipinski definition) is 14. The molecule has 71 heavy (non-hydrogen) atoms. The Morgan fingerprint density at radius 2 is 1.35 bits per heavy atom. The van der Waals surface area contributed by atoms with Crippen molar-refractivity contribution in [3.05, 3.63) is 0 Å². The number of rotatable bonds is 31. The van der Waals surface area contributed by atoms with Gasteiger partial charge in [0.25, 0.3) is 0 Å². The van der Waals surface area contributed by atoms with Gasteiger partial charge in [0.2, 0.25) is 59.1 Å². The minimum Gasteiger partial charge on any atom is -0.481 e. The molecule has 0 bridgehead atoms. The van der Waals surface area contributed by atoms with Crippen LogP contribution in [-0.2, 0) is 57.5 Å². The van der Waals surface area contributed by atoms with Crippen LogP contribution in [0.15, 0.2) is 0 Å². The van der Waals surface area contributed by atoms with Crippen LogP contribution >= 0.6 is 0 Å². The van der Waals surface area contributed by atoms with Gasteiger partial charge >= 0.3 is 11.9 Å². The third-order valence-corrected chi connectivity index (χ3v) is 12.1. The van der Waals surface area contributed by atoms with E-state index in [0.717, 1.165) is 12.8 Å². The number of unbranched alkanes of at least 4 members (excludes halogenated alkanes) is 2. The lowest BCUT2D eigenvalue weighted by Gasteiger charge is -2.29. The summed E-state index contributed by atoms with van der Waals surface area (Å²) in [5.41, 5.74) is 5.26. The van der Waals surface area contributed by atoms with Crippen LogP contribution in [0.2, 0.25) is 0 Å². The van der Waals surface area contributed by atoms with Crippen LogP contribution < -0.4 is 53.6 Å². The number of β-amino-alcohol motifs (C(OH)–C–C–N with tert-alkyl or cyclic N) is 1. The van der Waals surface area contributed by atoms with E-state index in [1.165, 1.54) is 11.8 Å². The Morgan fingerprint density at radius 3 is 1.93 bits per heavy atom. The summed E-state index contributed by atoms with van der Waals surface area (Å²) in [4.78, 5) is 156. The van der Waals surface area contributed by atoms with Gasteiger partial charge in [-0.25, -0.2) is 4.79 Å². The quantitative estimate of drug-likeness (QED) is 0.0298. The molecule has 0 aromatic rings. The number of carboxylic acids is 2. The molecule has 400 valence electrons. The summed E-state index contributed by atoms with van der Waals surface area (Å²) in [6.45, 7) is 9.32. The second-order valence-corrected chi connectivity index (χ2v) is 18.5. The van der Waals surface area contributed by atoms with Gasteiger partial charge in [-0.2, -0.15) is 0 Å². The first-order valence-corrected chi connectivity index (χ1v) is 24.2. The van der Waals surface area contributed by atoms with Crippen molar-refractivity contribution in [1.29, 1.82) is 0 Å². The smallest absolute Gasteiger partial charge is 0.326 e. The zero-order chi connectivity index (χ0) is 53.5. The van der Waals surface area contributed by atoms with Crippen LogP contribution in [0.1, 0.15) is 119 Å². The zero-order valence-corrected chi connectivity index (χ0v) is 41.4. The van der Waals surface area contributed by atoms with E-state index >= 15 is 0 Å². The van der Waals surface area contributed by atoms with Crippen molar-refractivity contribution in [3.8, 4) is 0 Å². The Bertz CT molecular complexity index is 1920. The van der Waals surface area contributed by atoms with Crippen LogP contribution in [0.5, 0.6) is 0 Å². The third kappa shape index (κ3) is 21.2. The lowest BCUT2D eigenvalue weighted by Crippen LogP contribution is -2.60. The molecule has 26 nitrogen and oxygen atoms in total. The normalized spacial score (nSPS) is 19.3. The minimum atomic E-state index is -1.84. The van der Waals surface area contributed by atoms with E-state index < -0.39 is 157 Å². The van der Waals surface area contributed by atoms with E-state index in [9.17, 15) is 72.9 Å². The average molecular weight is 1010 g/mol. The molecule has 0 aliphatic carbocycles. The molecule has 2 saturated heterocycles. The standard InChI is InChI=1S/C45H75N11O15/c1-7-9-10-12-28(45(70)71)52-43(68)32-13-11-16-56(32)35(60)22-49-38(63)25(6)50-41(66)30(17-23(3)4)54-44(69)37(24(5)8-2)55-42(67)31(19-36(61)62)53-40(65)27(14-15-33(46)58)51-34(59)21-48-39(64)29-18-26(57)20-47-29/h23-32,37,47,57H,7-22H2,1-6H3,(H2,46,58)(H,48,64)(H,49,63)(H,50,66)(H,51,59)(H,52,68)(H,53,65)(H,54,69)(H,55,67)(H,61,62)(H,70,71)/t24?,25-,26+,27-,28-,29-,30-,31-,32-,37-/m0/s1.